The maximum atomic E-state index is 12.0. The van der Waals surface area contributed by atoms with Crippen molar-refractivity contribution < 1.29 is 14.3 Å². The Kier molecular flexibility index (Phi) is 6.35. The van der Waals surface area contributed by atoms with Crippen molar-refractivity contribution in [1.29, 1.82) is 0 Å². The molecule has 0 saturated heterocycles. The van der Waals surface area contributed by atoms with Crippen LogP contribution in [-0.4, -0.2) is 24.3 Å². The third kappa shape index (κ3) is 5.87. The highest BCUT2D eigenvalue weighted by molar-refractivity contribution is 9.10. The highest BCUT2D eigenvalue weighted by atomic mass is 79.9. The van der Waals surface area contributed by atoms with Crippen LogP contribution in [0.2, 0.25) is 0 Å². The van der Waals surface area contributed by atoms with Gasteiger partial charge in [0.2, 0.25) is 0 Å². The molecule has 2 aromatic rings. The van der Waals surface area contributed by atoms with Crippen molar-refractivity contribution >= 4 is 27.6 Å². The molecule has 0 aliphatic carbocycles. The van der Waals surface area contributed by atoms with Crippen molar-refractivity contribution in [1.82, 2.24) is 5.32 Å². The molecule has 0 aromatic heterocycles. The van der Waals surface area contributed by atoms with Crippen LogP contribution >= 0.6 is 15.9 Å². The normalized spacial score (nSPS) is 11.6. The van der Waals surface area contributed by atoms with Crippen LogP contribution < -0.4 is 10.1 Å². The van der Waals surface area contributed by atoms with Crippen LogP contribution in [0, 0.1) is 0 Å². The molecule has 23 heavy (non-hydrogen) atoms. The van der Waals surface area contributed by atoms with Crippen molar-refractivity contribution in [2.45, 2.75) is 19.4 Å². The predicted molar refractivity (Wildman–Crippen MR) is 92.4 cm³/mol. The van der Waals surface area contributed by atoms with E-state index in [-0.39, 0.29) is 18.3 Å². The van der Waals surface area contributed by atoms with E-state index >= 15 is 0 Å². The lowest BCUT2D eigenvalue weighted by atomic mass is 10.0. The number of Topliss-reactive ketones (excluding diaryl/α,β-unsaturated/α-hetero) is 1. The molecule has 0 radical (unpaired) electrons. The molecule has 2 aromatic carbocycles. The fourth-order valence-electron chi connectivity index (χ4n) is 2.06. The van der Waals surface area contributed by atoms with E-state index < -0.39 is 6.04 Å². The van der Waals surface area contributed by atoms with E-state index in [9.17, 15) is 9.59 Å². The van der Waals surface area contributed by atoms with Crippen LogP contribution in [0.15, 0.2) is 59.1 Å². The third-order valence-electron chi connectivity index (χ3n) is 3.29. The average molecular weight is 376 g/mol. The molecule has 0 fully saturated rings. The summed E-state index contributed by atoms with van der Waals surface area (Å²) in [6.45, 7) is 1.35. The quantitative estimate of drug-likeness (QED) is 0.808. The molecule has 1 atom stereocenters. The summed E-state index contributed by atoms with van der Waals surface area (Å²) in [5, 5.41) is 2.72. The third-order valence-corrected chi connectivity index (χ3v) is 3.82. The summed E-state index contributed by atoms with van der Waals surface area (Å²) in [6, 6.07) is 16.3. The standard InChI is InChI=1S/C18H18BrNO3/c1-13(21)17(11-14-5-3-2-4-6-14)20-18(22)12-23-16-9-7-15(19)8-10-16/h2-10,17H,11-12H2,1H3,(H,20,22)/t17-/m0/s1. The number of benzene rings is 2. The minimum absolute atomic E-state index is 0.0779. The van der Waals surface area contributed by atoms with Gasteiger partial charge < -0.3 is 10.1 Å². The summed E-state index contributed by atoms with van der Waals surface area (Å²) < 4.78 is 6.35. The fourth-order valence-corrected chi connectivity index (χ4v) is 2.33. The van der Waals surface area contributed by atoms with Crippen LogP contribution in [0.1, 0.15) is 12.5 Å². The summed E-state index contributed by atoms with van der Waals surface area (Å²) >= 11 is 3.33. The first-order chi connectivity index (χ1) is 11.0. The Balaban J connectivity index is 1.88. The van der Waals surface area contributed by atoms with Gasteiger partial charge in [0.25, 0.3) is 5.91 Å². The summed E-state index contributed by atoms with van der Waals surface area (Å²) in [5.41, 5.74) is 1.00. The molecule has 0 saturated carbocycles. The lowest BCUT2D eigenvalue weighted by Crippen LogP contribution is -2.43. The van der Waals surface area contributed by atoms with Gasteiger partial charge >= 0.3 is 0 Å². The smallest absolute Gasteiger partial charge is 0.258 e. The molecule has 0 unspecified atom stereocenters. The first-order valence-corrected chi connectivity index (χ1v) is 8.06. The van der Waals surface area contributed by atoms with E-state index in [2.05, 4.69) is 21.2 Å². The molecule has 2 rings (SSSR count). The molecule has 1 N–H and O–H groups in total. The molecule has 0 aliphatic rings. The number of ether oxygens (including phenoxy) is 1. The summed E-state index contributed by atoms with van der Waals surface area (Å²) in [7, 11) is 0. The van der Waals surface area contributed by atoms with E-state index in [1.807, 2.05) is 42.5 Å². The number of nitrogens with one attached hydrogen (secondary N) is 1. The summed E-state index contributed by atoms with van der Waals surface area (Å²) in [5.74, 6) is 0.209. The van der Waals surface area contributed by atoms with E-state index in [1.165, 1.54) is 6.92 Å². The molecule has 5 heteroatoms. The van der Waals surface area contributed by atoms with Gasteiger partial charge in [0.1, 0.15) is 5.75 Å². The first-order valence-electron chi connectivity index (χ1n) is 7.26. The number of hydrogen-bond acceptors (Lipinski definition) is 3. The number of halogens is 1. The van der Waals surface area contributed by atoms with Crippen molar-refractivity contribution in [3.63, 3.8) is 0 Å². The number of ketones is 1. The van der Waals surface area contributed by atoms with Crippen LogP contribution in [0.3, 0.4) is 0 Å². The van der Waals surface area contributed by atoms with Crippen LogP contribution in [0.5, 0.6) is 5.75 Å². The number of carbonyl (C=O) groups is 2. The molecular weight excluding hydrogens is 358 g/mol. The van der Waals surface area contributed by atoms with Gasteiger partial charge in [-0.05, 0) is 43.2 Å². The number of amides is 1. The molecule has 0 aliphatic heterocycles. The van der Waals surface area contributed by atoms with Crippen LogP contribution in [-0.2, 0) is 16.0 Å². The maximum absolute atomic E-state index is 12.0. The second kappa shape index (κ2) is 8.48. The Morgan fingerprint density at radius 2 is 1.74 bits per heavy atom. The topological polar surface area (TPSA) is 55.4 Å². The summed E-state index contributed by atoms with van der Waals surface area (Å²) in [6.07, 6.45) is 0.472. The van der Waals surface area contributed by atoms with Crippen molar-refractivity contribution in [2.75, 3.05) is 6.61 Å². The minimum Gasteiger partial charge on any atom is -0.484 e. The minimum atomic E-state index is -0.543. The Labute approximate surface area is 144 Å². The fraction of sp³-hybridized carbons (Fsp3) is 0.222. The zero-order valence-corrected chi connectivity index (χ0v) is 14.4. The second-order valence-electron chi connectivity index (χ2n) is 5.16. The lowest BCUT2D eigenvalue weighted by Gasteiger charge is -2.16. The van der Waals surface area contributed by atoms with Crippen molar-refractivity contribution in [3.05, 3.63) is 64.6 Å². The van der Waals surface area contributed by atoms with Gasteiger partial charge in [-0.25, -0.2) is 0 Å². The van der Waals surface area contributed by atoms with Gasteiger partial charge in [-0.2, -0.15) is 0 Å². The Hall–Kier alpha value is -2.14. The maximum Gasteiger partial charge on any atom is 0.258 e. The molecule has 120 valence electrons. The van der Waals surface area contributed by atoms with E-state index in [0.717, 1.165) is 10.0 Å². The Morgan fingerprint density at radius 3 is 2.35 bits per heavy atom. The zero-order chi connectivity index (χ0) is 16.7. The van der Waals surface area contributed by atoms with Gasteiger partial charge in [0.15, 0.2) is 12.4 Å². The second-order valence-corrected chi connectivity index (χ2v) is 6.08. The SMILES string of the molecule is CC(=O)[C@H](Cc1ccccc1)NC(=O)COc1ccc(Br)cc1. The van der Waals surface area contributed by atoms with Crippen LogP contribution in [0.25, 0.3) is 0 Å². The number of rotatable bonds is 7. The zero-order valence-electron chi connectivity index (χ0n) is 12.8. The molecule has 1 amide bonds. The van der Waals surface area contributed by atoms with Crippen LogP contribution in [0.4, 0.5) is 0 Å². The van der Waals surface area contributed by atoms with Gasteiger partial charge in [-0.15, -0.1) is 0 Å². The highest BCUT2D eigenvalue weighted by Crippen LogP contribution is 2.15. The molecule has 0 spiro atoms. The highest BCUT2D eigenvalue weighted by Gasteiger charge is 2.17. The number of hydrogen-bond donors (Lipinski definition) is 1. The van der Waals surface area contributed by atoms with Gasteiger partial charge in [0, 0.05) is 4.47 Å². The first kappa shape index (κ1) is 17.2. The Bertz CT molecular complexity index is 656. The van der Waals surface area contributed by atoms with E-state index in [4.69, 9.17) is 4.74 Å². The van der Waals surface area contributed by atoms with Gasteiger partial charge in [-0.1, -0.05) is 46.3 Å². The van der Waals surface area contributed by atoms with Gasteiger partial charge in [0.05, 0.1) is 6.04 Å². The largest absolute Gasteiger partial charge is 0.484 e. The molecule has 4 nitrogen and oxygen atoms in total. The molecular formula is C18H18BrNO3. The average Bonchev–Trinajstić information content (AvgIpc) is 2.54. The summed E-state index contributed by atoms with van der Waals surface area (Å²) in [4.78, 5) is 23.7. The van der Waals surface area contributed by atoms with E-state index in [1.54, 1.807) is 12.1 Å². The lowest BCUT2D eigenvalue weighted by molar-refractivity contribution is -0.128. The molecule has 0 heterocycles. The van der Waals surface area contributed by atoms with Gasteiger partial charge in [-0.3, -0.25) is 9.59 Å². The number of carbonyl (C=O) groups excluding carboxylic acids is 2. The predicted octanol–water partition coefficient (Wildman–Crippen LogP) is 3.14. The van der Waals surface area contributed by atoms with Crippen molar-refractivity contribution in [2.24, 2.45) is 0 Å². The Morgan fingerprint density at radius 1 is 1.09 bits per heavy atom. The monoisotopic (exact) mass is 375 g/mol. The molecule has 0 bridgehead atoms. The van der Waals surface area contributed by atoms with E-state index in [0.29, 0.717) is 12.2 Å². The van der Waals surface area contributed by atoms with Crippen molar-refractivity contribution in [3.8, 4) is 5.75 Å².